The van der Waals surface area contributed by atoms with E-state index in [0.717, 1.165) is 0 Å². The second kappa shape index (κ2) is 8.17. The van der Waals surface area contributed by atoms with Crippen molar-refractivity contribution in [2.75, 3.05) is 6.54 Å². The number of hydrogen-bond acceptors (Lipinski definition) is 6. The van der Waals surface area contributed by atoms with E-state index in [4.69, 9.17) is 22.6 Å². The minimum absolute atomic E-state index is 0. The Labute approximate surface area is 79.3 Å². The van der Waals surface area contributed by atoms with Crippen LogP contribution in [0.4, 0.5) is 0 Å². The van der Waals surface area contributed by atoms with Gasteiger partial charge in [-0.1, -0.05) is 0 Å². The molecule has 0 aromatic rings. The van der Waals surface area contributed by atoms with Gasteiger partial charge in [0.05, 0.1) is 6.54 Å². The quantitative estimate of drug-likeness (QED) is 0.263. The van der Waals surface area contributed by atoms with Gasteiger partial charge in [0, 0.05) is 10.4 Å². The summed E-state index contributed by atoms with van der Waals surface area (Å²) >= 11 is 0. The molecule has 0 aromatic carbocycles. The van der Waals surface area contributed by atoms with Crippen LogP contribution in [0, 0.1) is 0 Å². The minimum Gasteiger partial charge on any atom is -0.759 e. The summed E-state index contributed by atoms with van der Waals surface area (Å²) in [5.74, 6) is -0.968. The zero-order valence-electron chi connectivity index (χ0n) is 5.39. The van der Waals surface area contributed by atoms with Crippen LogP contribution in [0.25, 0.3) is 0 Å². The average Bonchev–Trinajstić information content (AvgIpc) is 1.61. The molecule has 0 spiro atoms. The second-order valence-corrected chi connectivity index (χ2v) is 1.82. The fraction of sp³-hybridized carbons (Fsp3) is 0.500. The molecule has 0 aliphatic rings. The summed E-state index contributed by atoms with van der Waals surface area (Å²) in [6, 6.07) is 0. The fourth-order valence-electron chi connectivity index (χ4n) is 0. The van der Waals surface area contributed by atoms with E-state index in [1.807, 2.05) is 0 Å². The van der Waals surface area contributed by atoms with Gasteiger partial charge in [0.15, 0.2) is 0 Å². The van der Waals surface area contributed by atoms with E-state index < -0.39 is 16.4 Å². The first-order valence-electron chi connectivity index (χ1n) is 1.86. The number of aliphatic carboxylic acids is 1. The standard InChI is InChI=1S/C2H5NO2.Mg.H2O4S/c3-1-2(4)5;;1-5(2,3)4/h1,3H2,(H,4,5);;(H2,1,2,3,4)/q;+2;/p-2. The van der Waals surface area contributed by atoms with Gasteiger partial charge in [0.2, 0.25) is 0 Å². The van der Waals surface area contributed by atoms with Gasteiger partial charge in [-0.05, 0) is 0 Å². The summed E-state index contributed by atoms with van der Waals surface area (Å²) in [6.07, 6.45) is 0. The molecule has 9 heteroatoms. The van der Waals surface area contributed by atoms with Crippen molar-refractivity contribution in [2.24, 2.45) is 5.73 Å². The third-order valence-corrected chi connectivity index (χ3v) is 0.175. The molecule has 0 aliphatic heterocycles. The maximum Gasteiger partial charge on any atom is 2.00 e. The Bertz CT molecular complexity index is 179. The van der Waals surface area contributed by atoms with Crippen LogP contribution in [-0.4, -0.2) is 58.2 Å². The van der Waals surface area contributed by atoms with Gasteiger partial charge in [-0.25, -0.2) is 0 Å². The van der Waals surface area contributed by atoms with Crippen molar-refractivity contribution in [1.29, 1.82) is 0 Å². The molecule has 0 radical (unpaired) electrons. The number of nitrogens with two attached hydrogens (primary N) is 1. The van der Waals surface area contributed by atoms with Crippen LogP contribution < -0.4 is 5.73 Å². The Morgan fingerprint density at radius 2 is 1.55 bits per heavy atom. The van der Waals surface area contributed by atoms with Crippen LogP contribution in [0.2, 0.25) is 0 Å². The molecular formula is C2H5MgNO6S. The van der Waals surface area contributed by atoms with E-state index in [1.165, 1.54) is 0 Å². The summed E-state index contributed by atoms with van der Waals surface area (Å²) in [7, 11) is -5.17. The molecule has 0 heterocycles. The summed E-state index contributed by atoms with van der Waals surface area (Å²) in [5, 5.41) is 7.60. The minimum atomic E-state index is -5.17. The molecule has 0 atom stereocenters. The average molecular weight is 195 g/mol. The Balaban J connectivity index is -0.000000107. The number of rotatable bonds is 1. The molecule has 62 valence electrons. The van der Waals surface area contributed by atoms with Crippen LogP contribution in [0.5, 0.6) is 0 Å². The monoisotopic (exact) mass is 195 g/mol. The first-order chi connectivity index (χ1) is 4.27. The van der Waals surface area contributed by atoms with Gasteiger partial charge in [-0.3, -0.25) is 13.2 Å². The molecule has 0 aliphatic carbocycles. The van der Waals surface area contributed by atoms with Gasteiger partial charge < -0.3 is 19.9 Å². The van der Waals surface area contributed by atoms with E-state index in [-0.39, 0.29) is 29.6 Å². The summed E-state index contributed by atoms with van der Waals surface area (Å²) in [6.45, 7) is -0.278. The first kappa shape index (κ1) is 17.2. The molecule has 0 amide bonds. The van der Waals surface area contributed by atoms with Crippen molar-refractivity contribution >= 4 is 39.4 Å². The Hall–Kier alpha value is 0.0662. The maximum atomic E-state index is 9.24. The molecule has 0 saturated carbocycles. The van der Waals surface area contributed by atoms with Crippen LogP contribution in [-0.2, 0) is 15.2 Å². The van der Waals surface area contributed by atoms with Gasteiger partial charge in [0.1, 0.15) is 0 Å². The molecule has 0 saturated heterocycles. The van der Waals surface area contributed by atoms with Crippen LogP contribution in [0.3, 0.4) is 0 Å². The molecule has 11 heavy (non-hydrogen) atoms. The van der Waals surface area contributed by atoms with Gasteiger partial charge in [-0.2, -0.15) is 0 Å². The predicted octanol–water partition coefficient (Wildman–Crippen LogP) is -2.69. The Kier molecular flexibility index (Phi) is 12.8. The third kappa shape index (κ3) is 153. The molecule has 0 unspecified atom stereocenters. The number of carboxylic acids is 1. The summed E-state index contributed by atoms with van der Waals surface area (Å²) < 4.78 is 34.1. The molecule has 0 fully saturated rings. The zero-order chi connectivity index (χ0) is 8.78. The summed E-state index contributed by atoms with van der Waals surface area (Å²) in [5.41, 5.74) is 4.57. The van der Waals surface area contributed by atoms with Crippen molar-refractivity contribution in [1.82, 2.24) is 0 Å². The molecule has 0 bridgehead atoms. The van der Waals surface area contributed by atoms with Gasteiger partial charge in [0.25, 0.3) is 0 Å². The number of carboxylic acid groups (broad SMARTS) is 1. The van der Waals surface area contributed by atoms with Gasteiger partial charge in [-0.15, -0.1) is 0 Å². The molecular weight excluding hydrogens is 190 g/mol. The van der Waals surface area contributed by atoms with Crippen LogP contribution in [0.1, 0.15) is 0 Å². The Morgan fingerprint density at radius 1 is 1.45 bits per heavy atom. The topological polar surface area (TPSA) is 144 Å². The normalized spacial score (nSPS) is 8.64. The van der Waals surface area contributed by atoms with Crippen molar-refractivity contribution in [3.63, 3.8) is 0 Å². The first-order valence-corrected chi connectivity index (χ1v) is 3.19. The Morgan fingerprint density at radius 3 is 1.55 bits per heavy atom. The molecule has 7 nitrogen and oxygen atoms in total. The molecule has 0 rings (SSSR count). The maximum absolute atomic E-state index is 9.24. The van der Waals surface area contributed by atoms with E-state index in [0.29, 0.717) is 0 Å². The van der Waals surface area contributed by atoms with E-state index in [9.17, 15) is 4.79 Å². The SMILES string of the molecule is NCC(=O)O.O=S(=O)([O-])[O-].[Mg+2]. The van der Waals surface area contributed by atoms with Crippen LogP contribution >= 0.6 is 0 Å². The van der Waals surface area contributed by atoms with Crippen molar-refractivity contribution in [3.8, 4) is 0 Å². The smallest absolute Gasteiger partial charge is 0.759 e. The fourth-order valence-corrected chi connectivity index (χ4v) is 0. The molecule has 3 N–H and O–H groups in total. The summed E-state index contributed by atoms with van der Waals surface area (Å²) in [4.78, 5) is 9.24. The number of hydrogen-bond donors (Lipinski definition) is 2. The van der Waals surface area contributed by atoms with E-state index in [2.05, 4.69) is 5.73 Å². The molecule has 0 aromatic heterocycles. The zero-order valence-corrected chi connectivity index (χ0v) is 7.62. The second-order valence-electron chi connectivity index (χ2n) is 1.01. The van der Waals surface area contributed by atoms with Crippen molar-refractivity contribution in [3.05, 3.63) is 0 Å². The van der Waals surface area contributed by atoms with Gasteiger partial charge >= 0.3 is 29.0 Å². The number of carbonyl (C=O) groups is 1. The van der Waals surface area contributed by atoms with E-state index >= 15 is 0 Å². The van der Waals surface area contributed by atoms with Crippen LogP contribution in [0.15, 0.2) is 0 Å². The van der Waals surface area contributed by atoms with E-state index in [1.54, 1.807) is 0 Å². The van der Waals surface area contributed by atoms with Crippen molar-refractivity contribution in [2.45, 2.75) is 0 Å². The largest absolute Gasteiger partial charge is 2.00 e. The van der Waals surface area contributed by atoms with Crippen molar-refractivity contribution < 1.29 is 27.4 Å². The predicted molar refractivity (Wildman–Crippen MR) is 32.9 cm³/mol. The third-order valence-electron chi connectivity index (χ3n) is 0.175.